The van der Waals surface area contributed by atoms with Crippen molar-refractivity contribution in [2.75, 3.05) is 18.0 Å². The number of nitriles is 3. The van der Waals surface area contributed by atoms with E-state index in [0.717, 1.165) is 52.6 Å². The highest BCUT2D eigenvalue weighted by molar-refractivity contribution is 7.13. The third-order valence-corrected chi connectivity index (χ3v) is 10.8. The first kappa shape index (κ1) is 32.9. The van der Waals surface area contributed by atoms with Crippen molar-refractivity contribution in [1.29, 1.82) is 15.8 Å². The third kappa shape index (κ3) is 6.06. The number of thiophene rings is 1. The van der Waals surface area contributed by atoms with Gasteiger partial charge in [-0.25, -0.2) is 0 Å². The fourth-order valence-electron chi connectivity index (χ4n) is 6.95. The Morgan fingerprint density at radius 3 is 2.17 bits per heavy atom. The summed E-state index contributed by atoms with van der Waals surface area (Å²) in [7, 11) is 0. The number of hydrogen-bond donors (Lipinski definition) is 0. The Morgan fingerprint density at radius 2 is 1.52 bits per heavy atom. The molecule has 242 valence electrons. The largest absolute Gasteiger partial charge is 0.488 e. The van der Waals surface area contributed by atoms with Crippen LogP contribution in [0.5, 0.6) is 5.75 Å². The standard InChI is InChI=1S/C41H40N4O2S/c1-39(2)18-20-45-21-19-40(3,4)35-36(45)34(39)22-28(38(35)46-26-27-10-8-7-9-11-27)12-13-30-14-15-31(48-30)16-17-33-32(25-44)37(29(23-42)24-43)47-41(33,5)6/h7-17,22H,18-21,26H2,1-6H3/b13-12+,17-16+. The lowest BCUT2D eigenvalue weighted by Gasteiger charge is -2.49. The Morgan fingerprint density at radius 1 is 0.875 bits per heavy atom. The molecule has 4 heterocycles. The average Bonchev–Trinajstić information content (AvgIpc) is 3.62. The van der Waals surface area contributed by atoms with E-state index in [0.29, 0.717) is 12.2 Å². The minimum atomic E-state index is -0.851. The summed E-state index contributed by atoms with van der Waals surface area (Å²) in [6.07, 6.45) is 10.4. The Hall–Kier alpha value is -5.03. The monoisotopic (exact) mass is 652 g/mol. The fraction of sp³-hybridized carbons (Fsp3) is 0.341. The first-order valence-corrected chi connectivity index (χ1v) is 17.2. The zero-order valence-electron chi connectivity index (χ0n) is 28.5. The van der Waals surface area contributed by atoms with Crippen LogP contribution in [-0.4, -0.2) is 18.7 Å². The molecule has 0 aliphatic carbocycles. The smallest absolute Gasteiger partial charge is 0.172 e. The van der Waals surface area contributed by atoms with Crippen molar-refractivity contribution in [3.8, 4) is 24.0 Å². The Balaban J connectivity index is 1.38. The second-order valence-electron chi connectivity index (χ2n) is 14.4. The van der Waals surface area contributed by atoms with Crippen molar-refractivity contribution >= 4 is 35.3 Å². The van der Waals surface area contributed by atoms with E-state index >= 15 is 0 Å². The summed E-state index contributed by atoms with van der Waals surface area (Å²) in [6, 6.07) is 22.7. The first-order chi connectivity index (χ1) is 22.9. The van der Waals surface area contributed by atoms with Gasteiger partial charge in [0.15, 0.2) is 11.3 Å². The van der Waals surface area contributed by atoms with E-state index in [2.05, 4.69) is 93.3 Å². The van der Waals surface area contributed by atoms with E-state index in [4.69, 9.17) is 9.47 Å². The molecule has 3 aliphatic rings. The number of ether oxygens (including phenoxy) is 2. The van der Waals surface area contributed by atoms with Gasteiger partial charge < -0.3 is 14.4 Å². The average molecular weight is 653 g/mol. The van der Waals surface area contributed by atoms with E-state index in [9.17, 15) is 15.8 Å². The van der Waals surface area contributed by atoms with Gasteiger partial charge >= 0.3 is 0 Å². The molecule has 6 nitrogen and oxygen atoms in total. The Labute approximate surface area is 288 Å². The molecule has 0 N–H and O–H groups in total. The van der Waals surface area contributed by atoms with E-state index in [1.54, 1.807) is 11.3 Å². The Bertz CT molecular complexity index is 2000. The summed E-state index contributed by atoms with van der Waals surface area (Å²) in [4.78, 5) is 4.67. The van der Waals surface area contributed by atoms with Crippen molar-refractivity contribution in [3.63, 3.8) is 0 Å². The van der Waals surface area contributed by atoms with Crippen LogP contribution in [0.2, 0.25) is 0 Å². The number of hydrogen-bond acceptors (Lipinski definition) is 7. The summed E-state index contributed by atoms with van der Waals surface area (Å²) >= 11 is 1.64. The van der Waals surface area contributed by atoms with Crippen LogP contribution >= 0.6 is 11.3 Å². The molecule has 0 saturated heterocycles. The van der Waals surface area contributed by atoms with Crippen LogP contribution in [0.4, 0.5) is 5.69 Å². The lowest BCUT2D eigenvalue weighted by Crippen LogP contribution is -2.45. The van der Waals surface area contributed by atoms with Crippen molar-refractivity contribution in [1.82, 2.24) is 0 Å². The highest BCUT2D eigenvalue weighted by Gasteiger charge is 2.43. The summed E-state index contributed by atoms with van der Waals surface area (Å²) < 4.78 is 12.7. The minimum absolute atomic E-state index is 0.0320. The zero-order valence-corrected chi connectivity index (χ0v) is 29.3. The lowest BCUT2D eigenvalue weighted by atomic mass is 9.68. The molecule has 0 saturated carbocycles. The van der Waals surface area contributed by atoms with Gasteiger partial charge in [-0.1, -0.05) is 64.1 Å². The molecule has 0 spiro atoms. The van der Waals surface area contributed by atoms with Gasteiger partial charge in [-0.2, -0.15) is 15.8 Å². The molecule has 48 heavy (non-hydrogen) atoms. The van der Waals surface area contributed by atoms with Gasteiger partial charge in [0.05, 0.1) is 0 Å². The van der Waals surface area contributed by atoms with Crippen molar-refractivity contribution in [2.24, 2.45) is 0 Å². The maximum Gasteiger partial charge on any atom is 0.172 e. The molecular formula is C41H40N4O2S. The second kappa shape index (κ2) is 12.5. The molecular weight excluding hydrogens is 613 g/mol. The fourth-order valence-corrected chi connectivity index (χ4v) is 7.76. The third-order valence-electron chi connectivity index (χ3n) is 9.80. The van der Waals surface area contributed by atoms with Gasteiger partial charge in [0.1, 0.15) is 41.7 Å². The molecule has 0 amide bonds. The summed E-state index contributed by atoms with van der Waals surface area (Å²) in [5.41, 5.74) is 6.14. The zero-order chi connectivity index (χ0) is 34.3. The predicted molar refractivity (Wildman–Crippen MR) is 193 cm³/mol. The molecule has 6 rings (SSSR count). The second-order valence-corrected chi connectivity index (χ2v) is 15.6. The SMILES string of the molecule is CC1(C)OC(=C(C#N)C#N)C(C#N)=C1/C=C/c1ccc(/C=C/c2cc3c4c(c2OCc2ccccc2)C(C)(C)CCN4CCC3(C)C)s1. The molecule has 7 heteroatoms. The highest BCUT2D eigenvalue weighted by Crippen LogP contribution is 2.54. The summed E-state index contributed by atoms with van der Waals surface area (Å²) in [5.74, 6) is 1.01. The Kier molecular flexibility index (Phi) is 8.59. The highest BCUT2D eigenvalue weighted by atomic mass is 32.1. The molecule has 0 atom stereocenters. The molecule has 0 radical (unpaired) electrons. The molecule has 1 aromatic heterocycles. The van der Waals surface area contributed by atoms with Gasteiger partial charge in [-0.3, -0.25) is 0 Å². The summed E-state index contributed by atoms with van der Waals surface area (Å²) in [5, 5.41) is 28.6. The molecule has 3 aliphatic heterocycles. The van der Waals surface area contributed by atoms with Crippen molar-refractivity contribution in [2.45, 2.75) is 77.4 Å². The van der Waals surface area contributed by atoms with Crippen LogP contribution < -0.4 is 9.64 Å². The topological polar surface area (TPSA) is 93.1 Å². The lowest BCUT2D eigenvalue weighted by molar-refractivity contribution is 0.0954. The maximum absolute atomic E-state index is 9.88. The van der Waals surface area contributed by atoms with Crippen LogP contribution in [0, 0.1) is 34.0 Å². The number of allylic oxidation sites excluding steroid dienone is 2. The number of rotatable bonds is 7. The van der Waals surface area contributed by atoms with E-state index in [-0.39, 0.29) is 27.7 Å². The summed E-state index contributed by atoms with van der Waals surface area (Å²) in [6.45, 7) is 15.7. The number of benzene rings is 2. The first-order valence-electron chi connectivity index (χ1n) is 16.4. The molecule has 0 unspecified atom stereocenters. The molecule has 3 aromatic rings. The van der Waals surface area contributed by atoms with Crippen LogP contribution in [0.25, 0.3) is 18.2 Å². The maximum atomic E-state index is 9.88. The van der Waals surface area contributed by atoms with E-state index < -0.39 is 5.60 Å². The van der Waals surface area contributed by atoms with Gasteiger partial charge in [-0.05, 0) is 85.1 Å². The van der Waals surface area contributed by atoms with Crippen LogP contribution in [0.3, 0.4) is 0 Å². The number of anilines is 1. The normalized spacial score (nSPS) is 18.6. The van der Waals surface area contributed by atoms with Gasteiger partial charge in [0, 0.05) is 45.2 Å². The van der Waals surface area contributed by atoms with Crippen molar-refractivity contribution < 1.29 is 9.47 Å². The van der Waals surface area contributed by atoms with Gasteiger partial charge in [0.25, 0.3) is 0 Å². The molecule has 0 fully saturated rings. The quantitative estimate of drug-likeness (QED) is 0.236. The van der Waals surface area contributed by atoms with Gasteiger partial charge in [0.2, 0.25) is 0 Å². The predicted octanol–water partition coefficient (Wildman–Crippen LogP) is 9.61. The number of nitrogens with zero attached hydrogens (tertiary/aromatic N) is 4. The van der Waals surface area contributed by atoms with Crippen molar-refractivity contribution in [3.05, 3.63) is 109 Å². The molecule has 0 bridgehead atoms. The van der Waals surface area contributed by atoms with Crippen LogP contribution in [0.1, 0.15) is 86.4 Å². The molecule has 2 aromatic carbocycles. The van der Waals surface area contributed by atoms with Crippen LogP contribution in [0.15, 0.2) is 77.1 Å². The van der Waals surface area contributed by atoms with Crippen LogP contribution in [-0.2, 0) is 22.2 Å². The van der Waals surface area contributed by atoms with Gasteiger partial charge in [-0.15, -0.1) is 11.3 Å². The van der Waals surface area contributed by atoms with E-state index in [1.807, 2.05) is 44.2 Å². The minimum Gasteiger partial charge on any atom is -0.488 e. The van der Waals surface area contributed by atoms with E-state index in [1.165, 1.54) is 16.8 Å².